The lowest BCUT2D eigenvalue weighted by molar-refractivity contribution is -0.276. The number of hydrogen-bond acceptors (Lipinski definition) is 6. The van der Waals surface area contributed by atoms with Crippen LogP contribution in [0.15, 0.2) is 115 Å². The maximum atomic E-state index is 12.5. The summed E-state index contributed by atoms with van der Waals surface area (Å²) < 4.78 is 13.6. The largest absolute Gasteiger partial charge is 0.392 e. The van der Waals surface area contributed by atoms with E-state index in [1.165, 1.54) is 23.3 Å². The number of unbranched alkanes of at least 4 members (excludes halogenated alkanes) is 2. The first-order chi connectivity index (χ1) is 26.7. The summed E-state index contributed by atoms with van der Waals surface area (Å²) in [6, 6.07) is 40.0. The molecule has 8 heteroatoms. The van der Waals surface area contributed by atoms with Crippen molar-refractivity contribution in [3.8, 4) is 11.1 Å². The van der Waals surface area contributed by atoms with Crippen LogP contribution in [0, 0.1) is 5.92 Å². The van der Waals surface area contributed by atoms with E-state index in [9.17, 15) is 14.7 Å². The molecule has 5 aromatic carbocycles. The van der Waals surface area contributed by atoms with Crippen molar-refractivity contribution in [3.05, 3.63) is 143 Å². The van der Waals surface area contributed by atoms with Crippen molar-refractivity contribution in [2.45, 2.75) is 84.1 Å². The van der Waals surface area contributed by atoms with Crippen LogP contribution in [0.1, 0.15) is 92.7 Å². The molecule has 2 amide bonds. The Morgan fingerprint density at radius 1 is 0.764 bits per heavy atom. The molecule has 8 nitrogen and oxygen atoms in total. The van der Waals surface area contributed by atoms with Gasteiger partial charge in [0.2, 0.25) is 11.8 Å². The fourth-order valence-electron chi connectivity index (χ4n) is 7.33. The first-order valence-electron chi connectivity index (χ1n) is 19.6. The van der Waals surface area contributed by atoms with E-state index >= 15 is 0 Å². The number of aliphatic hydroxyl groups excluding tert-OH is 1. The van der Waals surface area contributed by atoms with Crippen LogP contribution in [-0.2, 0) is 32.2 Å². The van der Waals surface area contributed by atoms with Crippen molar-refractivity contribution in [3.63, 3.8) is 0 Å². The highest BCUT2D eigenvalue weighted by Gasteiger charge is 2.39. The average molecular weight is 742 g/mol. The Kier molecular flexibility index (Phi) is 13.9. The van der Waals surface area contributed by atoms with Crippen LogP contribution in [0.3, 0.4) is 0 Å². The molecule has 0 saturated carbocycles. The molecule has 1 aliphatic rings. The van der Waals surface area contributed by atoms with Crippen molar-refractivity contribution in [1.29, 1.82) is 0 Å². The SMILES string of the molecule is CC(=O)NCCCCCC(=O)NCc1cccc(-c2ccc([C@@H]3O[C@H](CN(C)[C@H](C)c4ccc5ccccc5c4)[C@H](C)[C@H](c4ccc(CO)cc4)O3)cc2)c1. The first kappa shape index (κ1) is 39.8. The molecule has 5 atom stereocenters. The lowest BCUT2D eigenvalue weighted by Gasteiger charge is -2.43. The number of aliphatic hydroxyl groups is 1. The summed E-state index contributed by atoms with van der Waals surface area (Å²) in [5, 5.41) is 18.0. The number of nitrogens with one attached hydrogen (secondary N) is 2. The van der Waals surface area contributed by atoms with Crippen molar-refractivity contribution in [2.75, 3.05) is 20.1 Å². The van der Waals surface area contributed by atoms with Gasteiger partial charge in [0.25, 0.3) is 0 Å². The fraction of sp³-hybridized carbons (Fsp3) is 0.362. The van der Waals surface area contributed by atoms with Crippen LogP contribution in [0.25, 0.3) is 21.9 Å². The Balaban J connectivity index is 1.12. The molecule has 0 radical (unpaired) electrons. The molecule has 1 heterocycles. The Bertz CT molecular complexity index is 2010. The Labute approximate surface area is 325 Å². The molecule has 0 aliphatic carbocycles. The van der Waals surface area contributed by atoms with Crippen LogP contribution in [0.2, 0.25) is 0 Å². The van der Waals surface area contributed by atoms with Gasteiger partial charge in [-0.05, 0) is 83.1 Å². The molecule has 288 valence electrons. The first-order valence-corrected chi connectivity index (χ1v) is 19.6. The van der Waals surface area contributed by atoms with Gasteiger partial charge in [0.15, 0.2) is 6.29 Å². The fourth-order valence-corrected chi connectivity index (χ4v) is 7.33. The number of rotatable bonds is 16. The van der Waals surface area contributed by atoms with E-state index in [4.69, 9.17) is 9.47 Å². The maximum Gasteiger partial charge on any atom is 0.220 e. The van der Waals surface area contributed by atoms with Gasteiger partial charge in [0.05, 0.1) is 18.8 Å². The number of carbonyl (C=O) groups is 2. The standard InChI is InChI=1S/C47H55N3O5/c1-32-44(30-50(4)33(2)41-25-22-37-12-7-8-13-43(37)28-41)54-47(55-46(32)39-18-16-35(31-51)17-19-39)40-23-20-38(21-24-40)42-14-10-11-36(27-42)29-49-45(53)15-6-5-9-26-48-34(3)52/h7-8,10-14,16-25,27-28,32-33,44,46-47,51H,5-6,9,15,26,29-31H2,1-4H3,(H,48,52)(H,49,53)/t32-,33+,44+,46+,47+/m0/s1. The van der Waals surface area contributed by atoms with E-state index in [2.05, 4.69) is 127 Å². The number of ether oxygens (including phenoxy) is 2. The van der Waals surface area contributed by atoms with Crippen molar-refractivity contribution in [2.24, 2.45) is 5.92 Å². The highest BCUT2D eigenvalue weighted by Crippen LogP contribution is 2.42. The number of benzene rings is 5. The average Bonchev–Trinajstić information content (AvgIpc) is 3.21. The molecule has 0 aromatic heterocycles. The molecule has 0 unspecified atom stereocenters. The molecule has 55 heavy (non-hydrogen) atoms. The van der Waals surface area contributed by atoms with Gasteiger partial charge in [-0.3, -0.25) is 14.5 Å². The van der Waals surface area contributed by atoms with Gasteiger partial charge in [-0.15, -0.1) is 0 Å². The molecule has 5 aromatic rings. The van der Waals surface area contributed by atoms with Gasteiger partial charge in [0, 0.05) is 50.5 Å². The zero-order chi connectivity index (χ0) is 38.7. The monoisotopic (exact) mass is 741 g/mol. The number of carbonyl (C=O) groups excluding carboxylic acids is 2. The van der Waals surface area contributed by atoms with Crippen LogP contribution >= 0.6 is 0 Å². The molecular formula is C47H55N3O5. The van der Waals surface area contributed by atoms with E-state index in [0.717, 1.165) is 59.2 Å². The number of likely N-dealkylation sites (N-methyl/N-ethyl adjacent to an activating group) is 1. The molecule has 0 spiro atoms. The highest BCUT2D eigenvalue weighted by molar-refractivity contribution is 5.83. The molecule has 3 N–H and O–H groups in total. The Morgan fingerprint density at radius 3 is 2.25 bits per heavy atom. The zero-order valence-corrected chi connectivity index (χ0v) is 32.5. The highest BCUT2D eigenvalue weighted by atomic mass is 16.7. The van der Waals surface area contributed by atoms with Crippen LogP contribution in [0.4, 0.5) is 0 Å². The predicted octanol–water partition coefficient (Wildman–Crippen LogP) is 8.80. The molecule has 0 bridgehead atoms. The second-order valence-corrected chi connectivity index (χ2v) is 14.9. The molecule has 1 aliphatic heterocycles. The van der Waals surface area contributed by atoms with Crippen molar-refractivity contribution < 1.29 is 24.2 Å². The minimum absolute atomic E-state index is 0.000100. The van der Waals surface area contributed by atoms with Gasteiger partial charge in [0.1, 0.15) is 0 Å². The second-order valence-electron chi connectivity index (χ2n) is 14.9. The lowest BCUT2D eigenvalue weighted by Crippen LogP contribution is -2.44. The number of hydrogen-bond donors (Lipinski definition) is 3. The predicted molar refractivity (Wildman–Crippen MR) is 219 cm³/mol. The molecular weight excluding hydrogens is 687 g/mol. The quantitative estimate of drug-likeness (QED) is 0.0875. The summed E-state index contributed by atoms with van der Waals surface area (Å²) in [7, 11) is 2.16. The molecule has 6 rings (SSSR count). The zero-order valence-electron chi connectivity index (χ0n) is 32.5. The summed E-state index contributed by atoms with van der Waals surface area (Å²) in [6.07, 6.45) is 2.17. The number of amides is 2. The third-order valence-corrected chi connectivity index (χ3v) is 10.9. The van der Waals surface area contributed by atoms with Crippen molar-refractivity contribution in [1.82, 2.24) is 15.5 Å². The van der Waals surface area contributed by atoms with Crippen molar-refractivity contribution >= 4 is 22.6 Å². The minimum Gasteiger partial charge on any atom is -0.392 e. The summed E-state index contributed by atoms with van der Waals surface area (Å²) >= 11 is 0. The van der Waals surface area contributed by atoms with Crippen LogP contribution in [-0.4, -0.2) is 48.1 Å². The minimum atomic E-state index is -0.561. The second kappa shape index (κ2) is 19.1. The summed E-state index contributed by atoms with van der Waals surface area (Å²) in [4.78, 5) is 25.8. The van der Waals surface area contributed by atoms with E-state index < -0.39 is 6.29 Å². The van der Waals surface area contributed by atoms with Gasteiger partial charge in [-0.2, -0.15) is 0 Å². The van der Waals surface area contributed by atoms with Gasteiger partial charge < -0.3 is 25.2 Å². The van der Waals surface area contributed by atoms with Crippen LogP contribution < -0.4 is 10.6 Å². The Hall–Kier alpha value is -4.86. The van der Waals surface area contributed by atoms with E-state index in [1.54, 1.807) is 0 Å². The third kappa shape index (κ3) is 10.7. The normalized spacial score (nSPS) is 18.9. The maximum absolute atomic E-state index is 12.5. The van der Waals surface area contributed by atoms with Gasteiger partial charge in [-0.1, -0.05) is 116 Å². The van der Waals surface area contributed by atoms with Gasteiger partial charge >= 0.3 is 0 Å². The lowest BCUT2D eigenvalue weighted by atomic mass is 9.89. The van der Waals surface area contributed by atoms with E-state index in [-0.39, 0.29) is 42.6 Å². The summed E-state index contributed by atoms with van der Waals surface area (Å²) in [6.45, 7) is 7.80. The van der Waals surface area contributed by atoms with E-state index in [1.807, 2.05) is 24.3 Å². The topological polar surface area (TPSA) is 100 Å². The third-order valence-electron chi connectivity index (χ3n) is 10.9. The number of fused-ring (bicyclic) bond motifs is 1. The van der Waals surface area contributed by atoms with E-state index in [0.29, 0.717) is 19.5 Å². The van der Waals surface area contributed by atoms with Crippen LogP contribution in [0.5, 0.6) is 0 Å². The summed E-state index contributed by atoms with van der Waals surface area (Å²) in [5.41, 5.74) is 7.32. The molecule has 1 fully saturated rings. The van der Waals surface area contributed by atoms with Gasteiger partial charge in [-0.25, -0.2) is 0 Å². The smallest absolute Gasteiger partial charge is 0.220 e. The number of nitrogens with zero attached hydrogens (tertiary/aromatic N) is 1. The molecule has 1 saturated heterocycles. The Morgan fingerprint density at radius 2 is 1.51 bits per heavy atom. The summed E-state index contributed by atoms with van der Waals surface area (Å²) in [5.74, 6) is 0.0798.